The van der Waals surface area contributed by atoms with Crippen LogP contribution in [0.2, 0.25) is 5.28 Å². The van der Waals surface area contributed by atoms with Gasteiger partial charge in [-0.25, -0.2) is 4.79 Å². The molecular weight excluding hydrogens is 300 g/mol. The van der Waals surface area contributed by atoms with Crippen LogP contribution >= 0.6 is 23.1 Å². The van der Waals surface area contributed by atoms with Crippen LogP contribution in [-0.2, 0) is 4.74 Å². The summed E-state index contributed by atoms with van der Waals surface area (Å²) in [7, 11) is 0. The fourth-order valence-electron chi connectivity index (χ4n) is 2.02. The van der Waals surface area contributed by atoms with Gasteiger partial charge in [-0.1, -0.05) is 0 Å². The summed E-state index contributed by atoms with van der Waals surface area (Å²) in [6, 6.07) is 0.143. The highest BCUT2D eigenvalue weighted by molar-refractivity contribution is 7.10. The molecule has 8 heteroatoms. The van der Waals surface area contributed by atoms with Crippen molar-refractivity contribution >= 4 is 34.4 Å². The van der Waals surface area contributed by atoms with E-state index in [1.54, 1.807) is 0 Å². The summed E-state index contributed by atoms with van der Waals surface area (Å²) in [6.07, 6.45) is 1.36. The highest BCUT2D eigenvalue weighted by Gasteiger charge is 2.24. The third-order valence-corrected chi connectivity index (χ3v) is 3.92. The normalized spacial score (nSPS) is 17.1. The number of carbonyl (C=O) groups excluding carboxylic acids is 1. The van der Waals surface area contributed by atoms with Crippen molar-refractivity contribution in [3.8, 4) is 0 Å². The molecule has 0 saturated carbocycles. The van der Waals surface area contributed by atoms with Gasteiger partial charge in [-0.2, -0.15) is 9.36 Å². The lowest BCUT2D eigenvalue weighted by Gasteiger charge is -2.32. The Hall–Kier alpha value is -1.08. The van der Waals surface area contributed by atoms with Gasteiger partial charge in [-0.3, -0.25) is 0 Å². The van der Waals surface area contributed by atoms with E-state index in [1.165, 1.54) is 11.5 Å². The maximum absolute atomic E-state index is 11.7. The van der Waals surface area contributed by atoms with E-state index >= 15 is 0 Å². The van der Waals surface area contributed by atoms with Crippen LogP contribution in [-0.4, -0.2) is 40.2 Å². The van der Waals surface area contributed by atoms with Gasteiger partial charge in [0.05, 0.1) is 0 Å². The third-order valence-electron chi connectivity index (χ3n) is 2.88. The zero-order chi connectivity index (χ0) is 14.8. The van der Waals surface area contributed by atoms with Crippen molar-refractivity contribution in [3.05, 3.63) is 5.28 Å². The van der Waals surface area contributed by atoms with Gasteiger partial charge in [-0.05, 0) is 45.2 Å². The van der Waals surface area contributed by atoms with Crippen molar-refractivity contribution in [2.75, 3.05) is 18.0 Å². The maximum Gasteiger partial charge on any atom is 0.407 e. The molecular formula is C12H19ClN4O2S. The zero-order valence-corrected chi connectivity index (χ0v) is 13.4. The Morgan fingerprint density at radius 1 is 1.45 bits per heavy atom. The molecule has 6 nitrogen and oxygen atoms in total. The molecule has 1 saturated heterocycles. The van der Waals surface area contributed by atoms with Crippen LogP contribution < -0.4 is 10.2 Å². The number of amides is 1. The minimum Gasteiger partial charge on any atom is -0.444 e. The van der Waals surface area contributed by atoms with Gasteiger partial charge in [0.2, 0.25) is 10.4 Å². The lowest BCUT2D eigenvalue weighted by atomic mass is 10.1. The van der Waals surface area contributed by atoms with Crippen molar-refractivity contribution in [3.63, 3.8) is 0 Å². The summed E-state index contributed by atoms with van der Waals surface area (Å²) < 4.78 is 9.22. The Bertz CT molecular complexity index is 466. The number of piperidine rings is 1. The number of nitrogens with zero attached hydrogens (tertiary/aromatic N) is 3. The molecule has 20 heavy (non-hydrogen) atoms. The van der Waals surface area contributed by atoms with Crippen molar-refractivity contribution in [2.24, 2.45) is 0 Å². The highest BCUT2D eigenvalue weighted by Crippen LogP contribution is 2.23. The van der Waals surface area contributed by atoms with Crippen molar-refractivity contribution in [2.45, 2.75) is 45.3 Å². The Balaban J connectivity index is 1.78. The second kappa shape index (κ2) is 6.13. The Labute approximate surface area is 127 Å². The van der Waals surface area contributed by atoms with Gasteiger partial charge in [-0.15, -0.1) is 0 Å². The first-order valence-corrected chi connectivity index (χ1v) is 7.72. The first-order chi connectivity index (χ1) is 9.33. The van der Waals surface area contributed by atoms with Gasteiger partial charge in [0.15, 0.2) is 0 Å². The lowest BCUT2D eigenvalue weighted by molar-refractivity contribution is 0.0497. The molecule has 1 N–H and O–H groups in total. The van der Waals surface area contributed by atoms with E-state index in [4.69, 9.17) is 16.3 Å². The van der Waals surface area contributed by atoms with E-state index in [1.807, 2.05) is 20.8 Å². The van der Waals surface area contributed by atoms with Crippen LogP contribution in [0.3, 0.4) is 0 Å². The minimum absolute atomic E-state index is 0.143. The number of alkyl carbamates (subject to hydrolysis) is 1. The number of rotatable bonds is 2. The summed E-state index contributed by atoms with van der Waals surface area (Å²) in [5, 5.41) is 4.04. The standard InChI is InChI=1S/C12H19ClN4O2S/c1-12(2,3)19-11(18)14-8-4-6-17(7-5-8)10-15-9(13)16-20-10/h8H,4-7H2,1-3H3,(H,14,18). The fraction of sp³-hybridized carbons (Fsp3) is 0.750. The molecule has 1 aliphatic heterocycles. The summed E-state index contributed by atoms with van der Waals surface area (Å²) >= 11 is 7.03. The molecule has 1 aromatic heterocycles. The molecule has 0 aromatic carbocycles. The molecule has 0 radical (unpaired) electrons. The maximum atomic E-state index is 11.7. The van der Waals surface area contributed by atoms with Gasteiger partial charge < -0.3 is 15.0 Å². The Morgan fingerprint density at radius 2 is 2.10 bits per heavy atom. The van der Waals surface area contributed by atoms with Gasteiger partial charge in [0, 0.05) is 30.7 Å². The SMILES string of the molecule is CC(C)(C)OC(=O)NC1CCN(c2nc(Cl)ns2)CC1. The van der Waals surface area contributed by atoms with E-state index in [0.717, 1.165) is 31.1 Å². The molecule has 1 aliphatic rings. The average Bonchev–Trinajstić information content (AvgIpc) is 2.74. The fourth-order valence-corrected chi connectivity index (χ4v) is 2.87. The van der Waals surface area contributed by atoms with E-state index in [0.29, 0.717) is 5.28 Å². The zero-order valence-electron chi connectivity index (χ0n) is 11.9. The molecule has 0 bridgehead atoms. The van der Waals surface area contributed by atoms with Crippen molar-refractivity contribution < 1.29 is 9.53 Å². The van der Waals surface area contributed by atoms with Crippen LogP contribution in [0.15, 0.2) is 0 Å². The number of aromatic nitrogens is 2. The van der Waals surface area contributed by atoms with Crippen LogP contribution in [0.25, 0.3) is 0 Å². The summed E-state index contributed by atoms with van der Waals surface area (Å²) in [6.45, 7) is 7.22. The summed E-state index contributed by atoms with van der Waals surface area (Å²) in [5.74, 6) is 0. The lowest BCUT2D eigenvalue weighted by Crippen LogP contribution is -2.46. The monoisotopic (exact) mass is 318 g/mol. The third kappa shape index (κ3) is 4.49. The average molecular weight is 319 g/mol. The molecule has 0 atom stereocenters. The second-order valence-electron chi connectivity index (χ2n) is 5.75. The number of halogens is 1. The van der Waals surface area contributed by atoms with E-state index < -0.39 is 5.60 Å². The van der Waals surface area contributed by atoms with Crippen molar-refractivity contribution in [1.82, 2.24) is 14.7 Å². The molecule has 112 valence electrons. The largest absolute Gasteiger partial charge is 0.444 e. The van der Waals surface area contributed by atoms with Gasteiger partial charge >= 0.3 is 6.09 Å². The van der Waals surface area contributed by atoms with Gasteiger partial charge in [0.1, 0.15) is 5.60 Å². The number of carbonyl (C=O) groups is 1. The van der Waals surface area contributed by atoms with Gasteiger partial charge in [0.25, 0.3) is 0 Å². The van der Waals surface area contributed by atoms with E-state index in [-0.39, 0.29) is 12.1 Å². The molecule has 1 fully saturated rings. The molecule has 2 heterocycles. The number of ether oxygens (including phenoxy) is 1. The quantitative estimate of drug-likeness (QED) is 0.908. The van der Waals surface area contributed by atoms with Crippen LogP contribution in [0, 0.1) is 0 Å². The first-order valence-electron chi connectivity index (χ1n) is 6.57. The second-order valence-corrected chi connectivity index (χ2v) is 6.82. The number of hydrogen-bond acceptors (Lipinski definition) is 6. The minimum atomic E-state index is -0.464. The predicted octanol–water partition coefficient (Wildman–Crippen LogP) is 2.69. The topological polar surface area (TPSA) is 67.3 Å². The van der Waals surface area contributed by atoms with E-state index in [9.17, 15) is 4.79 Å². The van der Waals surface area contributed by atoms with Crippen LogP contribution in [0.4, 0.5) is 9.93 Å². The molecule has 0 unspecified atom stereocenters. The molecule has 0 spiro atoms. The molecule has 1 amide bonds. The molecule has 0 aliphatic carbocycles. The Morgan fingerprint density at radius 3 is 2.60 bits per heavy atom. The predicted molar refractivity (Wildman–Crippen MR) is 79.5 cm³/mol. The smallest absolute Gasteiger partial charge is 0.407 e. The molecule has 1 aromatic rings. The summed E-state index contributed by atoms with van der Waals surface area (Å²) in [4.78, 5) is 18.0. The van der Waals surface area contributed by atoms with Crippen LogP contribution in [0.5, 0.6) is 0 Å². The first kappa shape index (κ1) is 15.3. The number of hydrogen-bond donors (Lipinski definition) is 1. The number of anilines is 1. The molecule has 2 rings (SSSR count). The van der Waals surface area contributed by atoms with Crippen molar-refractivity contribution in [1.29, 1.82) is 0 Å². The number of nitrogens with one attached hydrogen (secondary N) is 1. The Kier molecular flexibility index (Phi) is 4.70. The van der Waals surface area contributed by atoms with Crippen LogP contribution in [0.1, 0.15) is 33.6 Å². The van der Waals surface area contributed by atoms with E-state index in [2.05, 4.69) is 19.6 Å². The highest BCUT2D eigenvalue weighted by atomic mass is 35.5. The summed E-state index contributed by atoms with van der Waals surface area (Å²) in [5.41, 5.74) is -0.464.